The fraction of sp³-hybridized carbons (Fsp3) is 0.355. The highest BCUT2D eigenvalue weighted by atomic mass is 16.5. The smallest absolute Gasteiger partial charge is 0.276 e. The number of anilines is 1. The van der Waals surface area contributed by atoms with Gasteiger partial charge in [0, 0.05) is 45.5 Å². The zero-order valence-corrected chi connectivity index (χ0v) is 24.6. The third-order valence-corrected chi connectivity index (χ3v) is 8.00. The largest absolute Gasteiger partial charge is 0.491 e. The number of hydrazine groups is 1. The van der Waals surface area contributed by atoms with Gasteiger partial charge in [0.05, 0.1) is 34.5 Å². The van der Waals surface area contributed by atoms with Crippen LogP contribution >= 0.6 is 0 Å². The minimum Gasteiger partial charge on any atom is -0.491 e. The van der Waals surface area contributed by atoms with E-state index in [4.69, 9.17) is 4.74 Å². The number of benzene rings is 2. The molecule has 4 aromatic rings. The van der Waals surface area contributed by atoms with Crippen molar-refractivity contribution in [1.29, 1.82) is 0 Å². The average Bonchev–Trinajstić information content (AvgIpc) is 3.52. The van der Waals surface area contributed by atoms with Crippen LogP contribution in [0, 0.1) is 13.8 Å². The molecule has 2 amide bonds. The van der Waals surface area contributed by atoms with Crippen LogP contribution in [0.15, 0.2) is 47.4 Å². The molecule has 0 spiro atoms. The lowest BCUT2D eigenvalue weighted by molar-refractivity contribution is -0.0227. The molecule has 4 heterocycles. The van der Waals surface area contributed by atoms with E-state index in [0.717, 1.165) is 11.1 Å². The van der Waals surface area contributed by atoms with E-state index in [1.807, 2.05) is 32.0 Å². The number of carbonyl (C=O) groups excluding carboxylic acids is 2. The summed E-state index contributed by atoms with van der Waals surface area (Å²) in [5.74, 6) is 0.131. The van der Waals surface area contributed by atoms with E-state index in [1.54, 1.807) is 23.2 Å². The summed E-state index contributed by atoms with van der Waals surface area (Å²) in [6, 6.07) is 10.7. The van der Waals surface area contributed by atoms with E-state index < -0.39 is 23.5 Å². The Balaban J connectivity index is 1.18. The SMILES string of the molecule is Cc1ccc(OC[C@H](O)CNc2cc[nH]c(=O)c2-c2nc3cc4c(cc3[nH]2)C(=O)N(N2CCN(CCO)CC2)C4=O)c(C)c1. The number of imide groups is 1. The molecule has 2 aromatic carbocycles. The summed E-state index contributed by atoms with van der Waals surface area (Å²) in [6.45, 7) is 6.99. The number of rotatable bonds is 10. The number of aryl methyl sites for hydroxylation is 2. The Morgan fingerprint density at radius 1 is 1.02 bits per heavy atom. The van der Waals surface area contributed by atoms with Crippen LogP contribution in [-0.2, 0) is 0 Å². The van der Waals surface area contributed by atoms with Crippen molar-refractivity contribution < 1.29 is 24.5 Å². The third-order valence-electron chi connectivity index (χ3n) is 8.00. The summed E-state index contributed by atoms with van der Waals surface area (Å²) in [7, 11) is 0. The Hall–Kier alpha value is -4.56. The topological polar surface area (TPSA) is 167 Å². The number of aromatic amines is 2. The first-order valence-corrected chi connectivity index (χ1v) is 14.6. The Labute approximate surface area is 253 Å². The molecule has 0 saturated carbocycles. The number of nitrogens with zero attached hydrogens (tertiary/aromatic N) is 4. The Morgan fingerprint density at radius 2 is 1.77 bits per heavy atom. The second-order valence-electron chi connectivity index (χ2n) is 11.2. The molecule has 1 atom stereocenters. The fourth-order valence-electron chi connectivity index (χ4n) is 5.70. The van der Waals surface area contributed by atoms with Crippen LogP contribution in [0.5, 0.6) is 5.75 Å². The molecule has 2 aliphatic heterocycles. The monoisotopic (exact) mass is 601 g/mol. The number of H-pyrrole nitrogens is 2. The number of nitrogens with one attached hydrogen (secondary N) is 3. The van der Waals surface area contributed by atoms with Crippen molar-refractivity contribution in [3.8, 4) is 17.1 Å². The normalized spacial score (nSPS) is 16.5. The predicted molar refractivity (Wildman–Crippen MR) is 164 cm³/mol. The molecule has 13 heteroatoms. The van der Waals surface area contributed by atoms with Gasteiger partial charge < -0.3 is 30.2 Å². The molecule has 2 aliphatic rings. The van der Waals surface area contributed by atoms with Crippen molar-refractivity contribution in [3.63, 3.8) is 0 Å². The summed E-state index contributed by atoms with van der Waals surface area (Å²) in [5.41, 5.74) is 3.84. The predicted octanol–water partition coefficient (Wildman–Crippen LogP) is 1.51. The van der Waals surface area contributed by atoms with Gasteiger partial charge in [-0.05, 0) is 43.7 Å². The summed E-state index contributed by atoms with van der Waals surface area (Å²) in [5, 5.41) is 25.8. The molecule has 0 unspecified atom stereocenters. The molecule has 13 nitrogen and oxygen atoms in total. The first-order chi connectivity index (χ1) is 21.2. The zero-order valence-electron chi connectivity index (χ0n) is 24.6. The van der Waals surface area contributed by atoms with E-state index in [-0.39, 0.29) is 42.3 Å². The number of aromatic nitrogens is 3. The molecule has 0 bridgehead atoms. The number of β-amino-alcohol motifs (C(OH)–C–C–N with tert-alkyl or cyclic N) is 1. The van der Waals surface area contributed by atoms with Crippen LogP contribution in [0.1, 0.15) is 31.8 Å². The van der Waals surface area contributed by atoms with E-state index in [1.165, 1.54) is 11.2 Å². The van der Waals surface area contributed by atoms with Gasteiger partial charge in [-0.2, -0.15) is 0 Å². The van der Waals surface area contributed by atoms with Crippen LogP contribution in [0.25, 0.3) is 22.4 Å². The lowest BCUT2D eigenvalue weighted by Crippen LogP contribution is -2.55. The van der Waals surface area contributed by atoms with Crippen molar-refractivity contribution in [2.75, 3.05) is 57.8 Å². The van der Waals surface area contributed by atoms with Crippen LogP contribution in [0.3, 0.4) is 0 Å². The van der Waals surface area contributed by atoms with Gasteiger partial charge in [0.15, 0.2) is 0 Å². The number of hydrogen-bond donors (Lipinski definition) is 5. The average molecular weight is 602 g/mol. The number of aliphatic hydroxyl groups excluding tert-OH is 2. The molecule has 230 valence electrons. The molecule has 1 fully saturated rings. The first kappa shape index (κ1) is 29.5. The summed E-state index contributed by atoms with van der Waals surface area (Å²) in [6.07, 6.45) is 0.638. The number of carbonyl (C=O) groups is 2. The maximum Gasteiger partial charge on any atom is 0.276 e. The van der Waals surface area contributed by atoms with E-state index >= 15 is 0 Å². The van der Waals surface area contributed by atoms with Crippen LogP contribution in [0.2, 0.25) is 0 Å². The molecule has 2 aromatic heterocycles. The number of hydrogen-bond acceptors (Lipinski definition) is 10. The number of aliphatic hydroxyl groups is 2. The van der Waals surface area contributed by atoms with E-state index in [2.05, 4.69) is 25.2 Å². The zero-order chi connectivity index (χ0) is 31.0. The van der Waals surface area contributed by atoms with Crippen LogP contribution in [0.4, 0.5) is 5.69 Å². The summed E-state index contributed by atoms with van der Waals surface area (Å²) >= 11 is 0. The third kappa shape index (κ3) is 5.69. The molecule has 1 saturated heterocycles. The summed E-state index contributed by atoms with van der Waals surface area (Å²) < 4.78 is 5.79. The van der Waals surface area contributed by atoms with E-state index in [9.17, 15) is 24.6 Å². The molecule has 0 radical (unpaired) electrons. The van der Waals surface area contributed by atoms with E-state index in [0.29, 0.717) is 55.2 Å². The molecule has 44 heavy (non-hydrogen) atoms. The van der Waals surface area contributed by atoms with Crippen LogP contribution < -0.4 is 15.6 Å². The second kappa shape index (κ2) is 12.2. The van der Waals surface area contributed by atoms with Crippen molar-refractivity contribution in [2.45, 2.75) is 20.0 Å². The molecular formula is C31H35N7O6. The number of amides is 2. The Kier molecular flexibility index (Phi) is 8.19. The molecule has 6 rings (SSSR count). The summed E-state index contributed by atoms with van der Waals surface area (Å²) in [4.78, 5) is 52.1. The number of fused-ring (bicyclic) bond motifs is 2. The van der Waals surface area contributed by atoms with Crippen molar-refractivity contribution in [3.05, 3.63) is 75.2 Å². The highest BCUT2D eigenvalue weighted by Crippen LogP contribution is 2.31. The van der Waals surface area contributed by atoms with Gasteiger partial charge in [-0.1, -0.05) is 17.7 Å². The van der Waals surface area contributed by atoms with Crippen molar-refractivity contribution in [2.24, 2.45) is 0 Å². The van der Waals surface area contributed by atoms with Gasteiger partial charge in [-0.3, -0.25) is 19.3 Å². The highest BCUT2D eigenvalue weighted by molar-refractivity contribution is 6.22. The molecule has 0 aliphatic carbocycles. The standard InChI is InChI=1S/C31H35N7O6/c1-18-3-4-26(19(2)13-18)44-17-20(40)16-33-23-5-6-32-29(41)27(23)28-34-24-14-21-22(15-25(24)35-28)31(43)38(30(21)42)37-9-7-36(8-10-37)11-12-39/h3-6,13-15,20,39-40H,7-12,16-17H2,1-2H3,(H,34,35)(H2,32,33,41)/t20-/m1/s1. The molecular weight excluding hydrogens is 566 g/mol. The minimum absolute atomic E-state index is 0.0586. The number of imidazole rings is 1. The fourth-order valence-corrected chi connectivity index (χ4v) is 5.70. The Morgan fingerprint density at radius 3 is 2.50 bits per heavy atom. The second-order valence-corrected chi connectivity index (χ2v) is 11.2. The quantitative estimate of drug-likeness (QED) is 0.168. The van der Waals surface area contributed by atoms with Crippen molar-refractivity contribution in [1.82, 2.24) is 29.9 Å². The lowest BCUT2D eigenvalue weighted by Gasteiger charge is -2.37. The van der Waals surface area contributed by atoms with Crippen LogP contribution in [-0.4, -0.2) is 110 Å². The maximum absolute atomic E-state index is 13.3. The lowest BCUT2D eigenvalue weighted by atomic mass is 10.1. The first-order valence-electron chi connectivity index (χ1n) is 14.6. The number of piperazine rings is 1. The van der Waals surface area contributed by atoms with Gasteiger partial charge in [-0.15, -0.1) is 0 Å². The highest BCUT2D eigenvalue weighted by Gasteiger charge is 2.41. The van der Waals surface area contributed by atoms with Gasteiger partial charge in [0.25, 0.3) is 17.4 Å². The number of pyridine rings is 1. The molecule has 5 N–H and O–H groups in total. The maximum atomic E-state index is 13.3. The Bertz CT molecular complexity index is 1720. The minimum atomic E-state index is -0.862. The van der Waals surface area contributed by atoms with Gasteiger partial charge in [0.2, 0.25) is 0 Å². The van der Waals surface area contributed by atoms with Gasteiger partial charge in [-0.25, -0.2) is 15.0 Å². The van der Waals surface area contributed by atoms with Gasteiger partial charge >= 0.3 is 0 Å². The van der Waals surface area contributed by atoms with Crippen molar-refractivity contribution >= 4 is 28.5 Å². The van der Waals surface area contributed by atoms with Gasteiger partial charge in [0.1, 0.15) is 29.8 Å². The number of ether oxygens (including phenoxy) is 1.